The van der Waals surface area contributed by atoms with Crippen molar-refractivity contribution in [2.45, 2.75) is 12.5 Å². The number of likely N-dealkylation sites (tertiary alicyclic amines) is 1. The van der Waals surface area contributed by atoms with Crippen LogP contribution in [0.5, 0.6) is 5.75 Å². The zero-order valence-corrected chi connectivity index (χ0v) is 21.9. The normalized spacial score (nSPS) is 16.1. The van der Waals surface area contributed by atoms with Gasteiger partial charge in [0.05, 0.1) is 29.4 Å². The first kappa shape index (κ1) is 25.9. The first-order valence-electron chi connectivity index (χ1n) is 12.6. The van der Waals surface area contributed by atoms with E-state index in [-0.39, 0.29) is 23.0 Å². The molecule has 2 aromatic carbocycles. The van der Waals surface area contributed by atoms with Crippen LogP contribution in [-0.2, 0) is 0 Å². The number of hydrogen-bond acceptors (Lipinski definition) is 6. The monoisotopic (exact) mass is 526 g/mol. The third-order valence-electron chi connectivity index (χ3n) is 7.23. The highest BCUT2D eigenvalue weighted by Gasteiger charge is 2.30. The zero-order chi connectivity index (χ0) is 27.7. The van der Waals surface area contributed by atoms with Crippen LogP contribution in [0.15, 0.2) is 83.4 Å². The lowest BCUT2D eigenvalue weighted by atomic mass is 10.0. The second kappa shape index (κ2) is 10.6. The minimum atomic E-state index is -1.00. The molecule has 1 aliphatic rings. The molecule has 1 saturated heterocycles. The van der Waals surface area contributed by atoms with E-state index in [9.17, 15) is 14.7 Å². The third kappa shape index (κ3) is 4.82. The Hall–Kier alpha value is -4.70. The largest absolute Gasteiger partial charge is 0.506 e. The number of benzene rings is 2. The second-order valence-electron chi connectivity index (χ2n) is 9.53. The van der Waals surface area contributed by atoms with Gasteiger partial charge in [-0.3, -0.25) is 19.0 Å². The Morgan fingerprint density at radius 3 is 2.62 bits per heavy atom. The Bertz CT molecular complexity index is 1640. The van der Waals surface area contributed by atoms with Crippen LogP contribution in [0.25, 0.3) is 28.0 Å². The van der Waals surface area contributed by atoms with Gasteiger partial charge in [0.1, 0.15) is 11.6 Å². The van der Waals surface area contributed by atoms with Gasteiger partial charge in [-0.25, -0.2) is 14.6 Å². The second-order valence-corrected chi connectivity index (χ2v) is 9.53. The number of nitrogens with zero attached hydrogens (tertiary/aromatic N) is 6. The molecule has 39 heavy (non-hydrogen) atoms. The molecule has 4 aromatic rings. The molecular weight excluding hydrogens is 496 g/mol. The number of fused-ring (bicyclic) bond motifs is 1. The number of amidine groups is 1. The Morgan fingerprint density at radius 2 is 1.95 bits per heavy atom. The molecule has 200 valence electrons. The van der Waals surface area contributed by atoms with Crippen LogP contribution < -0.4 is 5.69 Å². The van der Waals surface area contributed by atoms with Crippen molar-refractivity contribution in [2.24, 2.45) is 4.99 Å². The molecule has 3 heterocycles. The van der Waals surface area contributed by atoms with Crippen LogP contribution in [0.1, 0.15) is 22.8 Å². The van der Waals surface area contributed by atoms with Gasteiger partial charge in [-0.15, -0.1) is 0 Å². The number of carboxylic acid groups (broad SMARTS) is 1. The highest BCUT2D eigenvalue weighted by Crippen LogP contribution is 2.31. The summed E-state index contributed by atoms with van der Waals surface area (Å²) in [5.74, 6) is -0.178. The fraction of sp³-hybridized carbons (Fsp3) is 0.241. The molecule has 0 spiro atoms. The van der Waals surface area contributed by atoms with Gasteiger partial charge in [0.15, 0.2) is 5.65 Å². The van der Waals surface area contributed by atoms with E-state index in [0.717, 1.165) is 24.4 Å². The molecule has 0 unspecified atom stereocenters. The molecule has 10 heteroatoms. The number of aliphatic imine (C=N–C) groups is 1. The van der Waals surface area contributed by atoms with E-state index in [1.165, 1.54) is 16.7 Å². The fourth-order valence-electron chi connectivity index (χ4n) is 5.12. The molecule has 0 amide bonds. The van der Waals surface area contributed by atoms with Crippen LogP contribution in [0.2, 0.25) is 0 Å². The van der Waals surface area contributed by atoms with Gasteiger partial charge in [0.25, 0.3) is 0 Å². The van der Waals surface area contributed by atoms with E-state index >= 15 is 0 Å². The molecule has 2 N–H and O–H groups in total. The summed E-state index contributed by atoms with van der Waals surface area (Å²) in [5.41, 5.74) is 2.89. The number of likely N-dealkylation sites (N-methyl/N-ethyl adjacent to an activating group) is 1. The van der Waals surface area contributed by atoms with Crippen LogP contribution in [0.3, 0.4) is 0 Å². The van der Waals surface area contributed by atoms with Gasteiger partial charge < -0.3 is 15.1 Å². The maximum atomic E-state index is 13.9. The number of aromatic nitrogens is 3. The van der Waals surface area contributed by atoms with Gasteiger partial charge in [0.2, 0.25) is 0 Å². The summed E-state index contributed by atoms with van der Waals surface area (Å²) in [6, 6.07) is 15.0. The molecule has 1 atom stereocenters. The summed E-state index contributed by atoms with van der Waals surface area (Å²) in [4.78, 5) is 38.1. The fourth-order valence-corrected chi connectivity index (χ4v) is 5.12. The van der Waals surface area contributed by atoms with Crippen LogP contribution in [-0.4, -0.2) is 79.7 Å². The molecule has 0 bridgehead atoms. The number of aromatic hydroxyl groups is 1. The van der Waals surface area contributed by atoms with Gasteiger partial charge in [0, 0.05) is 33.4 Å². The Balaban J connectivity index is 1.49. The average Bonchev–Trinajstić information content (AvgIpc) is 3.52. The number of carbonyl (C=O) groups is 1. The van der Waals surface area contributed by atoms with Crippen molar-refractivity contribution in [3.63, 3.8) is 0 Å². The van der Waals surface area contributed by atoms with Crippen molar-refractivity contribution in [3.05, 3.63) is 89.6 Å². The molecule has 5 rings (SSSR count). The number of phenolic OH excluding ortho intramolecular Hbond substituents is 1. The molecule has 1 fully saturated rings. The Kier molecular flexibility index (Phi) is 7.03. The van der Waals surface area contributed by atoms with Gasteiger partial charge in [-0.05, 0) is 60.1 Å². The number of phenols is 1. The van der Waals surface area contributed by atoms with E-state index in [2.05, 4.69) is 21.5 Å². The number of imidazole rings is 1. The first-order chi connectivity index (χ1) is 18.8. The number of aromatic carboxylic acids is 1. The smallest absolute Gasteiger partial charge is 0.335 e. The molecule has 10 nitrogen and oxygen atoms in total. The number of carboxylic acids is 1. The summed E-state index contributed by atoms with van der Waals surface area (Å²) < 4.78 is 3.23. The highest BCUT2D eigenvalue weighted by atomic mass is 16.4. The SMILES string of the molecule is C=CN(C)/C(CN1CC[C@H](n2c(=O)n(-c3ccc(-c4ccc(C(=O)O)cc4)cc3O)c3cccnc32)C1)=N\C. The van der Waals surface area contributed by atoms with Crippen molar-refractivity contribution in [2.75, 3.05) is 33.7 Å². The molecule has 1 aliphatic heterocycles. The standard InChI is InChI=1S/C29H30N6O4/c1-4-32(3)26(30-2)18-33-15-13-22(17-33)34-27-24(6-5-14-31-27)35(29(34)39)23-12-11-21(16-25(23)36)19-7-9-20(10-8-19)28(37)38/h4-12,14,16,22,36H,1,13,15,17-18H2,2-3H3,(H,37,38)/b30-26-/t22-/m0/s1. The topological polar surface area (TPSA) is 116 Å². The van der Waals surface area contributed by atoms with E-state index in [4.69, 9.17) is 5.11 Å². The van der Waals surface area contributed by atoms with E-state index in [1.807, 2.05) is 18.0 Å². The highest BCUT2D eigenvalue weighted by molar-refractivity contribution is 5.88. The molecule has 0 saturated carbocycles. The third-order valence-corrected chi connectivity index (χ3v) is 7.23. The summed E-state index contributed by atoms with van der Waals surface area (Å²) in [7, 11) is 3.67. The number of hydrogen-bond donors (Lipinski definition) is 2. The van der Waals surface area contributed by atoms with Crippen LogP contribution in [0.4, 0.5) is 0 Å². The zero-order valence-electron chi connectivity index (χ0n) is 21.9. The minimum Gasteiger partial charge on any atom is -0.506 e. The summed E-state index contributed by atoms with van der Waals surface area (Å²) in [6.45, 7) is 5.93. The number of rotatable bonds is 7. The lowest BCUT2D eigenvalue weighted by molar-refractivity contribution is 0.0697. The summed E-state index contributed by atoms with van der Waals surface area (Å²) in [5, 5.41) is 20.2. The quantitative estimate of drug-likeness (QED) is 0.279. The predicted molar refractivity (Wildman–Crippen MR) is 151 cm³/mol. The molecule has 2 aromatic heterocycles. The van der Waals surface area contributed by atoms with Crippen molar-refractivity contribution >= 4 is 23.0 Å². The van der Waals surface area contributed by atoms with Gasteiger partial charge >= 0.3 is 11.7 Å². The van der Waals surface area contributed by atoms with Crippen molar-refractivity contribution in [1.82, 2.24) is 23.9 Å². The van der Waals surface area contributed by atoms with Gasteiger partial charge in [-0.2, -0.15) is 0 Å². The van der Waals surface area contributed by atoms with Gasteiger partial charge in [-0.1, -0.05) is 24.8 Å². The minimum absolute atomic E-state index is 0.0656. The lowest BCUT2D eigenvalue weighted by Crippen LogP contribution is -2.36. The van der Waals surface area contributed by atoms with E-state index in [0.29, 0.717) is 35.5 Å². The first-order valence-corrected chi connectivity index (χ1v) is 12.6. The van der Waals surface area contributed by atoms with Crippen LogP contribution >= 0.6 is 0 Å². The molecular formula is C29H30N6O4. The lowest BCUT2D eigenvalue weighted by Gasteiger charge is -2.22. The Labute approximate surface area is 225 Å². The summed E-state index contributed by atoms with van der Waals surface area (Å²) >= 11 is 0. The number of pyridine rings is 1. The van der Waals surface area contributed by atoms with E-state index < -0.39 is 5.97 Å². The van der Waals surface area contributed by atoms with Crippen molar-refractivity contribution in [1.29, 1.82) is 0 Å². The maximum absolute atomic E-state index is 13.9. The van der Waals surface area contributed by atoms with Crippen molar-refractivity contribution < 1.29 is 15.0 Å². The predicted octanol–water partition coefficient (Wildman–Crippen LogP) is 3.61. The maximum Gasteiger partial charge on any atom is 0.335 e. The van der Waals surface area contributed by atoms with E-state index in [1.54, 1.807) is 60.4 Å². The summed E-state index contributed by atoms with van der Waals surface area (Å²) in [6.07, 6.45) is 4.17. The Morgan fingerprint density at radius 1 is 1.21 bits per heavy atom. The molecule has 0 radical (unpaired) electrons. The van der Waals surface area contributed by atoms with Crippen LogP contribution in [0, 0.1) is 0 Å². The molecule has 0 aliphatic carbocycles. The average molecular weight is 527 g/mol. The van der Waals surface area contributed by atoms with Crippen molar-refractivity contribution in [3.8, 4) is 22.6 Å².